The molecule has 1 atom stereocenters. The zero-order valence-corrected chi connectivity index (χ0v) is 18.4. The third-order valence-corrected chi connectivity index (χ3v) is 5.57. The molecule has 4 rings (SSSR count). The predicted octanol–water partition coefficient (Wildman–Crippen LogP) is 4.62. The lowest BCUT2D eigenvalue weighted by molar-refractivity contribution is -0.141. The van der Waals surface area contributed by atoms with Gasteiger partial charge < -0.3 is 10.6 Å². The summed E-state index contributed by atoms with van der Waals surface area (Å²) in [5.41, 5.74) is 0.0290. The number of rotatable bonds is 6. The Morgan fingerprint density at radius 2 is 1.82 bits per heavy atom. The third kappa shape index (κ3) is 4.87. The van der Waals surface area contributed by atoms with E-state index in [1.807, 2.05) is 0 Å². The minimum Gasteiger partial charge on any atom is -0.324 e. The molecule has 2 N–H and O–H groups in total. The van der Waals surface area contributed by atoms with Gasteiger partial charge in [-0.15, -0.1) is 0 Å². The molecule has 1 aliphatic carbocycles. The van der Waals surface area contributed by atoms with E-state index < -0.39 is 34.7 Å². The van der Waals surface area contributed by atoms with Gasteiger partial charge in [-0.05, 0) is 44.0 Å². The van der Waals surface area contributed by atoms with Crippen molar-refractivity contribution in [1.82, 2.24) is 19.6 Å². The van der Waals surface area contributed by atoms with E-state index in [0.29, 0.717) is 24.2 Å². The van der Waals surface area contributed by atoms with Gasteiger partial charge >= 0.3 is 6.18 Å². The first kappa shape index (κ1) is 22.8. The molecule has 12 heteroatoms. The molecule has 0 bridgehead atoms. The van der Waals surface area contributed by atoms with Crippen LogP contribution in [0.4, 0.5) is 24.5 Å². The lowest BCUT2D eigenvalue weighted by Crippen LogP contribution is -2.26. The first-order chi connectivity index (χ1) is 15.5. The summed E-state index contributed by atoms with van der Waals surface area (Å²) in [6.07, 6.45) is -1.71. The van der Waals surface area contributed by atoms with E-state index in [0.717, 1.165) is 4.68 Å². The Balaban J connectivity index is 1.51. The summed E-state index contributed by atoms with van der Waals surface area (Å²) in [6, 6.07) is 6.90. The van der Waals surface area contributed by atoms with Crippen LogP contribution in [0.2, 0.25) is 5.02 Å². The third-order valence-electron chi connectivity index (χ3n) is 5.20. The topological polar surface area (TPSA) is 93.8 Å². The second kappa shape index (κ2) is 8.54. The van der Waals surface area contributed by atoms with E-state index in [1.165, 1.54) is 17.7 Å². The molecule has 174 valence electrons. The van der Waals surface area contributed by atoms with Gasteiger partial charge in [0.25, 0.3) is 5.91 Å². The van der Waals surface area contributed by atoms with Gasteiger partial charge in [0.2, 0.25) is 5.91 Å². The molecule has 0 saturated heterocycles. The highest BCUT2D eigenvalue weighted by molar-refractivity contribution is 6.32. The summed E-state index contributed by atoms with van der Waals surface area (Å²) < 4.78 is 42.5. The number of hydrogen-bond acceptors (Lipinski definition) is 4. The molecule has 1 aliphatic rings. The van der Waals surface area contributed by atoms with Crippen LogP contribution in [-0.4, -0.2) is 31.4 Å². The van der Waals surface area contributed by atoms with E-state index in [2.05, 4.69) is 20.8 Å². The number of benzene rings is 1. The van der Waals surface area contributed by atoms with Crippen molar-refractivity contribution < 1.29 is 22.8 Å². The normalized spacial score (nSPS) is 14.7. The molecule has 0 spiro atoms. The molecule has 0 radical (unpaired) electrons. The standard InChI is InChI=1S/C21H20ClF3N6O2/c1-11(31-17(12-6-7-12)16(22)18(29-31)21(23,24)25)19(32)26-13-4-3-5-14(10-13)27-20(33)15-8-9-30(2)28-15/h3-5,8-12H,6-7H2,1-2H3,(H,26,32)(H,27,33). The van der Waals surface area contributed by atoms with E-state index in [1.54, 1.807) is 37.5 Å². The van der Waals surface area contributed by atoms with Crippen molar-refractivity contribution in [2.45, 2.75) is 37.9 Å². The molecule has 8 nitrogen and oxygen atoms in total. The maximum Gasteiger partial charge on any atom is 0.436 e. The highest BCUT2D eigenvalue weighted by Crippen LogP contribution is 2.47. The molecule has 2 heterocycles. The van der Waals surface area contributed by atoms with Crippen molar-refractivity contribution >= 4 is 34.8 Å². The van der Waals surface area contributed by atoms with Crippen LogP contribution in [0.15, 0.2) is 36.5 Å². The molecule has 3 aromatic rings. The maximum absolute atomic E-state index is 13.3. The molecular weight excluding hydrogens is 461 g/mol. The molecule has 2 aromatic heterocycles. The smallest absolute Gasteiger partial charge is 0.324 e. The number of hydrogen-bond donors (Lipinski definition) is 2. The summed E-state index contributed by atoms with van der Waals surface area (Å²) in [6.45, 7) is 1.46. The molecule has 1 unspecified atom stereocenters. The average molecular weight is 481 g/mol. The number of anilines is 2. The predicted molar refractivity (Wildman–Crippen MR) is 115 cm³/mol. The molecular formula is C21H20ClF3N6O2. The van der Waals surface area contributed by atoms with Gasteiger partial charge in [-0.1, -0.05) is 17.7 Å². The number of alkyl halides is 3. The second-order valence-corrected chi connectivity index (χ2v) is 8.22. The Hall–Kier alpha value is -3.34. The van der Waals surface area contributed by atoms with Crippen molar-refractivity contribution in [2.75, 3.05) is 10.6 Å². The Bertz CT molecular complexity index is 1220. The molecule has 0 aliphatic heterocycles. The van der Waals surface area contributed by atoms with Crippen LogP contribution in [0.5, 0.6) is 0 Å². The van der Waals surface area contributed by atoms with Gasteiger partial charge in [0, 0.05) is 30.5 Å². The average Bonchev–Trinajstić information content (AvgIpc) is 3.37. The molecule has 2 amide bonds. The Labute approximate surface area is 191 Å². The van der Waals surface area contributed by atoms with Gasteiger partial charge in [0.05, 0.1) is 10.7 Å². The van der Waals surface area contributed by atoms with E-state index in [-0.39, 0.29) is 17.3 Å². The quantitative estimate of drug-likeness (QED) is 0.538. The molecule has 1 fully saturated rings. The largest absolute Gasteiger partial charge is 0.436 e. The van der Waals surface area contributed by atoms with Gasteiger partial charge in [-0.2, -0.15) is 23.4 Å². The van der Waals surface area contributed by atoms with Crippen molar-refractivity contribution in [3.05, 3.63) is 58.6 Å². The number of carbonyl (C=O) groups is 2. The fraction of sp³-hybridized carbons (Fsp3) is 0.333. The summed E-state index contributed by atoms with van der Waals surface area (Å²) in [4.78, 5) is 25.1. The minimum atomic E-state index is -4.72. The van der Waals surface area contributed by atoms with Gasteiger partial charge in [-0.25, -0.2) is 0 Å². The SMILES string of the molecule is CC(C(=O)Nc1cccc(NC(=O)c2ccn(C)n2)c1)n1nc(C(F)(F)F)c(Cl)c1C1CC1. The zero-order chi connectivity index (χ0) is 23.9. The van der Waals surface area contributed by atoms with Gasteiger partial charge in [0.1, 0.15) is 6.04 Å². The Kier molecular flexibility index (Phi) is 5.91. The highest BCUT2D eigenvalue weighted by Gasteiger charge is 2.43. The first-order valence-electron chi connectivity index (χ1n) is 10.1. The van der Waals surface area contributed by atoms with Gasteiger partial charge in [-0.3, -0.25) is 19.0 Å². The lowest BCUT2D eigenvalue weighted by atomic mass is 10.2. The van der Waals surface area contributed by atoms with Crippen LogP contribution in [0, 0.1) is 0 Å². The zero-order valence-electron chi connectivity index (χ0n) is 17.7. The van der Waals surface area contributed by atoms with E-state index in [9.17, 15) is 22.8 Å². The molecule has 33 heavy (non-hydrogen) atoms. The van der Waals surface area contributed by atoms with Crippen molar-refractivity contribution in [3.8, 4) is 0 Å². The van der Waals surface area contributed by atoms with Crippen molar-refractivity contribution in [1.29, 1.82) is 0 Å². The minimum absolute atomic E-state index is 0.151. The second-order valence-electron chi connectivity index (χ2n) is 7.84. The monoisotopic (exact) mass is 480 g/mol. The fourth-order valence-corrected chi connectivity index (χ4v) is 3.78. The summed E-state index contributed by atoms with van der Waals surface area (Å²) in [7, 11) is 1.69. The van der Waals surface area contributed by atoms with Crippen molar-refractivity contribution in [2.24, 2.45) is 7.05 Å². The van der Waals surface area contributed by atoms with Crippen LogP contribution < -0.4 is 10.6 Å². The number of aromatic nitrogens is 4. The summed E-state index contributed by atoms with van der Waals surface area (Å²) in [5.74, 6) is -1.15. The van der Waals surface area contributed by atoms with Crippen LogP contribution in [0.25, 0.3) is 0 Å². The van der Waals surface area contributed by atoms with Crippen LogP contribution in [0.3, 0.4) is 0 Å². The number of nitrogens with zero attached hydrogens (tertiary/aromatic N) is 4. The molecule has 1 saturated carbocycles. The van der Waals surface area contributed by atoms with Crippen LogP contribution >= 0.6 is 11.6 Å². The first-order valence-corrected chi connectivity index (χ1v) is 10.5. The van der Waals surface area contributed by atoms with Gasteiger partial charge in [0.15, 0.2) is 11.4 Å². The van der Waals surface area contributed by atoms with E-state index in [4.69, 9.17) is 11.6 Å². The Morgan fingerprint density at radius 3 is 2.39 bits per heavy atom. The number of aryl methyl sites for hydroxylation is 1. The Morgan fingerprint density at radius 1 is 1.15 bits per heavy atom. The van der Waals surface area contributed by atoms with Crippen molar-refractivity contribution in [3.63, 3.8) is 0 Å². The summed E-state index contributed by atoms with van der Waals surface area (Å²) >= 11 is 6.00. The number of amides is 2. The number of halogens is 4. The van der Waals surface area contributed by atoms with Crippen LogP contribution in [-0.2, 0) is 18.0 Å². The maximum atomic E-state index is 13.3. The van der Waals surface area contributed by atoms with Crippen LogP contribution in [0.1, 0.15) is 53.6 Å². The molecule has 1 aromatic carbocycles. The fourth-order valence-electron chi connectivity index (χ4n) is 3.39. The summed E-state index contributed by atoms with van der Waals surface area (Å²) in [5, 5.41) is 12.5. The highest BCUT2D eigenvalue weighted by atomic mass is 35.5. The number of nitrogens with one attached hydrogen (secondary N) is 2. The number of carbonyl (C=O) groups excluding carboxylic acids is 2. The van der Waals surface area contributed by atoms with E-state index >= 15 is 0 Å². The lowest BCUT2D eigenvalue weighted by Gasteiger charge is -2.16.